The van der Waals surface area contributed by atoms with Crippen LogP contribution >= 0.6 is 11.6 Å². The summed E-state index contributed by atoms with van der Waals surface area (Å²) in [5, 5.41) is 0.616. The Bertz CT molecular complexity index is 356. The lowest BCUT2D eigenvalue weighted by molar-refractivity contribution is 0.157. The van der Waals surface area contributed by atoms with E-state index >= 15 is 0 Å². The van der Waals surface area contributed by atoms with Gasteiger partial charge in [-0.1, -0.05) is 24.6 Å². The fraction of sp³-hybridized carbons (Fsp3) is 0.583. The molecule has 0 bridgehead atoms. The number of likely N-dealkylation sites (tertiary alicyclic amines) is 1. The highest BCUT2D eigenvalue weighted by molar-refractivity contribution is 6.30. The third-order valence-corrected chi connectivity index (χ3v) is 3.63. The van der Waals surface area contributed by atoms with E-state index in [0.29, 0.717) is 17.1 Å². The van der Waals surface area contributed by atoms with Gasteiger partial charge in [-0.3, -0.25) is 4.90 Å². The molecule has 1 saturated heterocycles. The van der Waals surface area contributed by atoms with Crippen LogP contribution in [-0.4, -0.2) is 29.0 Å². The van der Waals surface area contributed by atoms with Gasteiger partial charge in [0.15, 0.2) is 0 Å². The first-order valence-corrected chi connectivity index (χ1v) is 6.12. The Kier molecular flexibility index (Phi) is 3.79. The Morgan fingerprint density at radius 3 is 3.12 bits per heavy atom. The number of aromatic nitrogens is 1. The van der Waals surface area contributed by atoms with Crippen LogP contribution in [0, 0.1) is 5.92 Å². The minimum absolute atomic E-state index is 0.348. The summed E-state index contributed by atoms with van der Waals surface area (Å²) in [6.45, 7) is 5.19. The van der Waals surface area contributed by atoms with Crippen molar-refractivity contribution in [1.82, 2.24) is 9.88 Å². The Morgan fingerprint density at radius 2 is 2.44 bits per heavy atom. The lowest BCUT2D eigenvalue weighted by atomic mass is 9.94. The minimum atomic E-state index is 0.348. The Balaban J connectivity index is 1.98. The molecule has 1 aromatic rings. The monoisotopic (exact) mass is 239 g/mol. The smallest absolute Gasteiger partial charge is 0.133 e. The average molecular weight is 240 g/mol. The molecule has 2 atom stereocenters. The van der Waals surface area contributed by atoms with E-state index in [-0.39, 0.29) is 0 Å². The van der Waals surface area contributed by atoms with Crippen LogP contribution in [0.15, 0.2) is 18.3 Å². The molecule has 16 heavy (non-hydrogen) atoms. The van der Waals surface area contributed by atoms with E-state index < -0.39 is 0 Å². The Morgan fingerprint density at radius 1 is 1.62 bits per heavy atom. The number of pyridine rings is 1. The molecule has 2 rings (SSSR count). The minimum Gasteiger partial charge on any atom is -0.327 e. The van der Waals surface area contributed by atoms with Crippen molar-refractivity contribution in [3.8, 4) is 0 Å². The number of hydrogen-bond donors (Lipinski definition) is 1. The molecular weight excluding hydrogens is 222 g/mol. The first-order valence-electron chi connectivity index (χ1n) is 5.74. The van der Waals surface area contributed by atoms with E-state index in [4.69, 9.17) is 17.3 Å². The molecule has 2 N–H and O–H groups in total. The maximum atomic E-state index is 6.05. The summed E-state index contributed by atoms with van der Waals surface area (Å²) in [7, 11) is 0. The zero-order valence-corrected chi connectivity index (χ0v) is 10.3. The Hall–Kier alpha value is -0.640. The van der Waals surface area contributed by atoms with Crippen LogP contribution in [0.3, 0.4) is 0 Å². The fourth-order valence-electron chi connectivity index (χ4n) is 2.17. The molecule has 88 valence electrons. The quantitative estimate of drug-likeness (QED) is 0.802. The molecule has 1 fully saturated rings. The van der Waals surface area contributed by atoms with Crippen molar-refractivity contribution in [3.05, 3.63) is 29.0 Å². The van der Waals surface area contributed by atoms with E-state index in [1.165, 1.54) is 0 Å². The molecule has 0 aromatic carbocycles. The van der Waals surface area contributed by atoms with Crippen LogP contribution in [0.4, 0.5) is 0 Å². The molecule has 2 heterocycles. The summed E-state index contributed by atoms with van der Waals surface area (Å²) < 4.78 is 0. The average Bonchev–Trinajstić information content (AvgIpc) is 2.27. The van der Waals surface area contributed by atoms with E-state index in [9.17, 15) is 0 Å². The van der Waals surface area contributed by atoms with E-state index in [1.54, 1.807) is 6.20 Å². The maximum absolute atomic E-state index is 6.05. The van der Waals surface area contributed by atoms with Gasteiger partial charge in [0, 0.05) is 30.9 Å². The second kappa shape index (κ2) is 5.13. The zero-order valence-electron chi connectivity index (χ0n) is 9.56. The number of halogens is 1. The summed E-state index contributed by atoms with van der Waals surface area (Å²) in [6.07, 6.45) is 2.79. The van der Waals surface area contributed by atoms with Crippen LogP contribution in [0.5, 0.6) is 0 Å². The predicted octanol–water partition coefficient (Wildman–Crippen LogP) is 1.90. The molecule has 0 radical (unpaired) electrons. The van der Waals surface area contributed by atoms with E-state index in [0.717, 1.165) is 31.6 Å². The van der Waals surface area contributed by atoms with Crippen molar-refractivity contribution in [1.29, 1.82) is 0 Å². The van der Waals surface area contributed by atoms with Gasteiger partial charge in [0.05, 0.1) is 0 Å². The number of hydrogen-bond acceptors (Lipinski definition) is 3. The number of nitrogens with zero attached hydrogens (tertiary/aromatic N) is 2. The van der Waals surface area contributed by atoms with Gasteiger partial charge in [-0.25, -0.2) is 4.98 Å². The van der Waals surface area contributed by atoms with E-state index in [2.05, 4.69) is 16.8 Å². The summed E-state index contributed by atoms with van der Waals surface area (Å²) in [5.74, 6) is 0.559. The van der Waals surface area contributed by atoms with Gasteiger partial charge >= 0.3 is 0 Å². The van der Waals surface area contributed by atoms with Crippen LogP contribution < -0.4 is 5.73 Å². The highest BCUT2D eigenvalue weighted by Gasteiger charge is 2.23. The lowest BCUT2D eigenvalue weighted by Gasteiger charge is -2.35. The third-order valence-electron chi connectivity index (χ3n) is 3.29. The molecule has 0 spiro atoms. The van der Waals surface area contributed by atoms with Crippen LogP contribution in [0.25, 0.3) is 0 Å². The first-order chi connectivity index (χ1) is 7.66. The summed E-state index contributed by atoms with van der Waals surface area (Å²) in [6, 6.07) is 4.31. The van der Waals surface area contributed by atoms with Crippen molar-refractivity contribution in [2.45, 2.75) is 25.9 Å². The summed E-state index contributed by atoms with van der Waals surface area (Å²) >= 11 is 6.05. The standard InChI is InChI=1S/C12H18ClN3/c1-9-7-16(6-4-11(9)14)8-10-3-2-5-15-12(10)13/h2-3,5,9,11H,4,6-8,14H2,1H3. The van der Waals surface area contributed by atoms with Gasteiger partial charge in [-0.2, -0.15) is 0 Å². The topological polar surface area (TPSA) is 42.2 Å². The second-order valence-corrected chi connectivity index (χ2v) is 4.98. The number of piperidine rings is 1. The van der Waals surface area contributed by atoms with Gasteiger partial charge in [0.2, 0.25) is 0 Å². The Labute approximate surface area is 102 Å². The molecule has 0 saturated carbocycles. The molecule has 1 aliphatic rings. The van der Waals surface area contributed by atoms with Crippen LogP contribution in [-0.2, 0) is 6.54 Å². The largest absolute Gasteiger partial charge is 0.327 e. The fourth-order valence-corrected chi connectivity index (χ4v) is 2.35. The molecular formula is C12H18ClN3. The third kappa shape index (κ3) is 2.73. The number of rotatable bonds is 2. The van der Waals surface area contributed by atoms with Gasteiger partial charge < -0.3 is 5.73 Å². The SMILES string of the molecule is CC1CN(Cc2cccnc2Cl)CCC1N. The summed E-state index contributed by atoms with van der Waals surface area (Å²) in [4.78, 5) is 6.49. The van der Waals surface area contributed by atoms with Gasteiger partial charge in [-0.05, 0) is 24.9 Å². The maximum Gasteiger partial charge on any atom is 0.133 e. The van der Waals surface area contributed by atoms with Crippen molar-refractivity contribution < 1.29 is 0 Å². The molecule has 1 aromatic heterocycles. The molecule has 0 aliphatic carbocycles. The van der Waals surface area contributed by atoms with Crippen LogP contribution in [0.2, 0.25) is 5.15 Å². The van der Waals surface area contributed by atoms with E-state index in [1.807, 2.05) is 12.1 Å². The van der Waals surface area contributed by atoms with Crippen molar-refractivity contribution in [2.75, 3.05) is 13.1 Å². The summed E-state index contributed by atoms with van der Waals surface area (Å²) in [5.41, 5.74) is 7.10. The predicted molar refractivity (Wildman–Crippen MR) is 66.3 cm³/mol. The van der Waals surface area contributed by atoms with Gasteiger partial charge in [-0.15, -0.1) is 0 Å². The highest BCUT2D eigenvalue weighted by Crippen LogP contribution is 2.19. The molecule has 4 heteroatoms. The normalized spacial score (nSPS) is 26.9. The van der Waals surface area contributed by atoms with Crippen molar-refractivity contribution in [3.63, 3.8) is 0 Å². The molecule has 0 amide bonds. The molecule has 2 unspecified atom stereocenters. The van der Waals surface area contributed by atoms with Crippen molar-refractivity contribution in [2.24, 2.45) is 11.7 Å². The van der Waals surface area contributed by atoms with Crippen LogP contribution in [0.1, 0.15) is 18.9 Å². The highest BCUT2D eigenvalue weighted by atomic mass is 35.5. The first kappa shape index (κ1) is 11.8. The van der Waals surface area contributed by atoms with Crippen molar-refractivity contribution >= 4 is 11.6 Å². The molecule has 1 aliphatic heterocycles. The second-order valence-electron chi connectivity index (χ2n) is 4.62. The lowest BCUT2D eigenvalue weighted by Crippen LogP contribution is -2.45. The zero-order chi connectivity index (χ0) is 11.5. The van der Waals surface area contributed by atoms with Gasteiger partial charge in [0.25, 0.3) is 0 Å². The molecule has 3 nitrogen and oxygen atoms in total. The number of nitrogens with two attached hydrogens (primary N) is 1. The van der Waals surface area contributed by atoms with Gasteiger partial charge in [0.1, 0.15) is 5.15 Å².